The molecule has 2 saturated heterocycles. The van der Waals surface area contributed by atoms with Crippen LogP contribution in [0.15, 0.2) is 30.5 Å². The highest BCUT2D eigenvalue weighted by Crippen LogP contribution is 2.25. The number of piperidine rings is 2. The average Bonchev–Trinajstić information content (AvgIpc) is 3.40. The lowest BCUT2D eigenvalue weighted by Gasteiger charge is -2.39. The monoisotopic (exact) mass is 619 g/mol. The molecule has 2 aliphatic rings. The van der Waals surface area contributed by atoms with Gasteiger partial charge in [-0.05, 0) is 57.1 Å². The van der Waals surface area contributed by atoms with E-state index in [1.54, 1.807) is 4.90 Å². The molecule has 2 fully saturated rings. The first-order valence-corrected chi connectivity index (χ1v) is 14.6. The van der Waals surface area contributed by atoms with Gasteiger partial charge in [-0.1, -0.05) is 11.3 Å². The molecule has 1 aromatic carbocycles. The van der Waals surface area contributed by atoms with Gasteiger partial charge in [0.15, 0.2) is 0 Å². The van der Waals surface area contributed by atoms with Crippen LogP contribution in [0.25, 0.3) is 0 Å². The number of aromatic nitrogens is 4. The number of benzene rings is 1. The second kappa shape index (κ2) is 13.5. The molecule has 0 aliphatic carbocycles. The zero-order valence-corrected chi connectivity index (χ0v) is 24.5. The zero-order valence-electron chi connectivity index (χ0n) is 23.7. The number of anilines is 2. The van der Waals surface area contributed by atoms with E-state index >= 15 is 4.39 Å². The summed E-state index contributed by atoms with van der Waals surface area (Å²) in [7, 11) is 3.51. The van der Waals surface area contributed by atoms with Gasteiger partial charge in [-0.3, -0.25) is 5.32 Å². The van der Waals surface area contributed by atoms with Gasteiger partial charge in [0.05, 0.1) is 6.04 Å². The van der Waals surface area contributed by atoms with Gasteiger partial charge in [-0.2, -0.15) is 4.98 Å². The van der Waals surface area contributed by atoms with Crippen molar-refractivity contribution in [2.24, 2.45) is 0 Å². The van der Waals surface area contributed by atoms with Gasteiger partial charge in [-0.25, -0.2) is 27.7 Å². The molecule has 2 atom stereocenters. The Balaban J connectivity index is 1.16. The molecule has 4 heterocycles. The fourth-order valence-electron chi connectivity index (χ4n) is 5.03. The molecule has 0 radical (unpaired) electrons. The summed E-state index contributed by atoms with van der Waals surface area (Å²) in [5.41, 5.74) is 0.376. The number of carbonyl (C=O) groups excluding carboxylic acids is 2. The van der Waals surface area contributed by atoms with Crippen LogP contribution in [0.3, 0.4) is 0 Å². The maximum absolute atomic E-state index is 15.0. The van der Waals surface area contributed by atoms with E-state index < -0.39 is 36.0 Å². The summed E-state index contributed by atoms with van der Waals surface area (Å²) < 4.78 is 47.4. The molecule has 0 bridgehead atoms. The molecule has 43 heavy (non-hydrogen) atoms. The van der Waals surface area contributed by atoms with Crippen LogP contribution in [0, 0.1) is 11.6 Å². The number of likely N-dealkylation sites (tertiary alicyclic amines) is 1. The summed E-state index contributed by atoms with van der Waals surface area (Å²) in [4.78, 5) is 39.2. The van der Waals surface area contributed by atoms with Gasteiger partial charge < -0.3 is 24.8 Å². The standard InChI is InChI=1S/C27H32F3N9O3S/c1-37-8-4-19(5-9-37)32-27(41)42-22-3-7-31-24(33-22)39-10-6-20(30)21(15-39)38(2)26(40)34-25-36-35-23(43-25)13-16-11-17(28)14-18(29)12-16/h3,7,11-12,14,19-21H,4-6,8-10,13,15H2,1-2H3,(H,32,41)(H,34,36,40)/t20-,21+/m1/s1. The lowest BCUT2D eigenvalue weighted by atomic mass is 10.0. The summed E-state index contributed by atoms with van der Waals surface area (Å²) >= 11 is 1.05. The molecule has 0 saturated carbocycles. The number of nitrogens with one attached hydrogen (secondary N) is 2. The van der Waals surface area contributed by atoms with E-state index in [9.17, 15) is 18.4 Å². The predicted molar refractivity (Wildman–Crippen MR) is 153 cm³/mol. The highest BCUT2D eigenvalue weighted by atomic mass is 32.1. The quantitative estimate of drug-likeness (QED) is 0.409. The van der Waals surface area contributed by atoms with E-state index in [2.05, 4.69) is 35.7 Å². The van der Waals surface area contributed by atoms with Crippen molar-refractivity contribution in [3.8, 4) is 5.88 Å². The summed E-state index contributed by atoms with van der Waals surface area (Å²) in [5, 5.41) is 14.0. The number of amides is 3. The Morgan fingerprint density at radius 2 is 1.86 bits per heavy atom. The van der Waals surface area contributed by atoms with E-state index in [-0.39, 0.29) is 42.4 Å². The Morgan fingerprint density at radius 3 is 2.60 bits per heavy atom. The molecule has 230 valence electrons. The molecule has 5 rings (SSSR count). The number of urea groups is 1. The maximum Gasteiger partial charge on any atom is 0.414 e. The Kier molecular flexibility index (Phi) is 9.55. The largest absolute Gasteiger partial charge is 0.414 e. The molecule has 2 aromatic heterocycles. The lowest BCUT2D eigenvalue weighted by molar-refractivity contribution is 0.133. The van der Waals surface area contributed by atoms with E-state index in [1.807, 2.05) is 7.05 Å². The van der Waals surface area contributed by atoms with Gasteiger partial charge in [0.25, 0.3) is 0 Å². The zero-order chi connectivity index (χ0) is 30.5. The fourth-order valence-corrected chi connectivity index (χ4v) is 5.79. The van der Waals surface area contributed by atoms with Gasteiger partial charge in [0.1, 0.15) is 22.8 Å². The van der Waals surface area contributed by atoms with Gasteiger partial charge >= 0.3 is 12.1 Å². The number of hydrogen-bond donors (Lipinski definition) is 2. The minimum Gasteiger partial charge on any atom is -0.391 e. The molecule has 2 aliphatic heterocycles. The number of alkyl halides is 1. The normalized spacial score (nSPS) is 19.6. The fraction of sp³-hybridized carbons (Fsp3) is 0.481. The molecular formula is C27H32F3N9O3S. The van der Waals surface area contributed by atoms with Crippen LogP contribution in [0.5, 0.6) is 5.88 Å². The highest BCUT2D eigenvalue weighted by Gasteiger charge is 2.35. The first kappa shape index (κ1) is 30.4. The third-order valence-electron chi connectivity index (χ3n) is 7.41. The number of carbonyl (C=O) groups is 2. The molecule has 16 heteroatoms. The first-order chi connectivity index (χ1) is 20.6. The van der Waals surface area contributed by atoms with Gasteiger partial charge in [0, 0.05) is 50.9 Å². The molecule has 3 aromatic rings. The van der Waals surface area contributed by atoms with Crippen LogP contribution < -0.4 is 20.3 Å². The molecule has 2 N–H and O–H groups in total. The average molecular weight is 620 g/mol. The minimum atomic E-state index is -1.31. The van der Waals surface area contributed by atoms with Crippen molar-refractivity contribution >= 4 is 34.5 Å². The number of ether oxygens (including phenoxy) is 1. The third-order valence-corrected chi connectivity index (χ3v) is 8.25. The Morgan fingerprint density at radius 1 is 1.12 bits per heavy atom. The number of rotatable bonds is 7. The SMILES string of the molecule is CN1CCC(NC(=O)Oc2ccnc(N3CC[C@@H](F)[C@@H](N(C)C(=O)Nc4nnc(Cc5cc(F)cc(F)c5)s4)C3)n2)CC1. The van der Waals surface area contributed by atoms with Gasteiger partial charge in [0.2, 0.25) is 17.0 Å². The number of halogens is 3. The maximum atomic E-state index is 15.0. The van der Waals surface area contributed by atoms with Crippen LogP contribution >= 0.6 is 11.3 Å². The molecule has 12 nitrogen and oxygen atoms in total. The number of hydrogen-bond acceptors (Lipinski definition) is 10. The molecule has 0 unspecified atom stereocenters. The van der Waals surface area contributed by atoms with Crippen molar-refractivity contribution in [2.45, 2.75) is 43.9 Å². The molecule has 0 spiro atoms. The van der Waals surface area contributed by atoms with Gasteiger partial charge in [-0.15, -0.1) is 10.2 Å². The lowest BCUT2D eigenvalue weighted by Crippen LogP contribution is -2.55. The van der Waals surface area contributed by atoms with Crippen LogP contribution in [-0.4, -0.2) is 101 Å². The molecular weight excluding hydrogens is 587 g/mol. The van der Waals surface area contributed by atoms with Crippen LogP contribution in [0.4, 0.5) is 33.8 Å². The van der Waals surface area contributed by atoms with Crippen LogP contribution in [0.2, 0.25) is 0 Å². The summed E-state index contributed by atoms with van der Waals surface area (Å²) in [6.07, 6.45) is 1.47. The van der Waals surface area contributed by atoms with E-state index in [0.29, 0.717) is 17.1 Å². The second-order valence-corrected chi connectivity index (χ2v) is 11.7. The number of likely N-dealkylation sites (N-methyl/N-ethyl adjacent to an activating group) is 1. The van der Waals surface area contributed by atoms with Crippen LogP contribution in [0.1, 0.15) is 29.8 Å². The van der Waals surface area contributed by atoms with Crippen molar-refractivity contribution < 1.29 is 27.5 Å². The first-order valence-electron chi connectivity index (χ1n) is 13.8. The third kappa shape index (κ3) is 8.07. The Hall–Kier alpha value is -4.05. The predicted octanol–water partition coefficient (Wildman–Crippen LogP) is 3.46. The van der Waals surface area contributed by atoms with E-state index in [1.165, 1.54) is 36.3 Å². The number of nitrogens with zero attached hydrogens (tertiary/aromatic N) is 7. The summed E-state index contributed by atoms with van der Waals surface area (Å²) in [5.74, 6) is -1.09. The van der Waals surface area contributed by atoms with Crippen molar-refractivity contribution in [2.75, 3.05) is 50.5 Å². The summed E-state index contributed by atoms with van der Waals surface area (Å²) in [6, 6.07) is 3.24. The Bertz CT molecular complexity index is 1420. The topological polar surface area (TPSA) is 129 Å². The van der Waals surface area contributed by atoms with Crippen molar-refractivity contribution in [3.63, 3.8) is 0 Å². The molecule has 3 amide bonds. The van der Waals surface area contributed by atoms with E-state index in [0.717, 1.165) is 43.3 Å². The van der Waals surface area contributed by atoms with Crippen molar-refractivity contribution in [1.29, 1.82) is 0 Å². The highest BCUT2D eigenvalue weighted by molar-refractivity contribution is 7.15. The minimum absolute atomic E-state index is 0.0285. The van der Waals surface area contributed by atoms with Crippen molar-refractivity contribution in [3.05, 3.63) is 52.7 Å². The smallest absolute Gasteiger partial charge is 0.391 e. The summed E-state index contributed by atoms with van der Waals surface area (Å²) in [6.45, 7) is 2.18. The Labute approximate surface area is 250 Å². The second-order valence-electron chi connectivity index (χ2n) is 10.6. The van der Waals surface area contributed by atoms with E-state index in [4.69, 9.17) is 4.74 Å². The van der Waals surface area contributed by atoms with Crippen LogP contribution in [-0.2, 0) is 6.42 Å². The van der Waals surface area contributed by atoms with Crippen molar-refractivity contribution in [1.82, 2.24) is 35.3 Å².